The van der Waals surface area contributed by atoms with Crippen LogP contribution in [-0.4, -0.2) is 11.7 Å². The summed E-state index contributed by atoms with van der Waals surface area (Å²) in [5.41, 5.74) is 8.13. The van der Waals surface area contributed by atoms with Gasteiger partial charge in [0.1, 0.15) is 6.67 Å². The van der Waals surface area contributed by atoms with Crippen molar-refractivity contribution in [1.29, 1.82) is 0 Å². The van der Waals surface area contributed by atoms with Crippen molar-refractivity contribution in [3.63, 3.8) is 0 Å². The zero-order chi connectivity index (χ0) is 13.1. The Bertz CT molecular complexity index is 575. The molecular formula is C16H17N3. The molecule has 0 saturated carbocycles. The van der Waals surface area contributed by atoms with Crippen molar-refractivity contribution in [3.05, 3.63) is 71.9 Å². The van der Waals surface area contributed by atoms with Gasteiger partial charge in [0.15, 0.2) is 0 Å². The molecule has 1 heterocycles. The number of para-hydroxylation sites is 1. The van der Waals surface area contributed by atoms with Crippen LogP contribution in [0, 0.1) is 0 Å². The Morgan fingerprint density at radius 1 is 0.947 bits per heavy atom. The van der Waals surface area contributed by atoms with E-state index in [-0.39, 0.29) is 0 Å². The molecule has 1 aliphatic rings. The SMILES string of the molecule is CC1=C(c2ccccc2)N(Nc2ccccc2)CN1. The largest absolute Gasteiger partial charge is 0.368 e. The van der Waals surface area contributed by atoms with E-state index in [1.54, 1.807) is 0 Å². The monoisotopic (exact) mass is 251 g/mol. The number of nitrogens with zero attached hydrogens (tertiary/aromatic N) is 1. The van der Waals surface area contributed by atoms with E-state index in [0.717, 1.165) is 12.4 Å². The lowest BCUT2D eigenvalue weighted by molar-refractivity contribution is 0.483. The highest BCUT2D eigenvalue weighted by molar-refractivity contribution is 5.69. The third-order valence-corrected chi connectivity index (χ3v) is 3.21. The van der Waals surface area contributed by atoms with E-state index in [1.807, 2.05) is 24.3 Å². The second-order valence-corrected chi connectivity index (χ2v) is 4.58. The first-order chi connectivity index (χ1) is 9.34. The average molecular weight is 251 g/mol. The van der Waals surface area contributed by atoms with Crippen molar-refractivity contribution in [1.82, 2.24) is 10.3 Å². The van der Waals surface area contributed by atoms with Crippen molar-refractivity contribution in [2.75, 3.05) is 12.1 Å². The Kier molecular flexibility index (Phi) is 3.11. The summed E-state index contributed by atoms with van der Waals surface area (Å²) in [6, 6.07) is 20.6. The smallest absolute Gasteiger partial charge is 0.108 e. The number of benzene rings is 2. The summed E-state index contributed by atoms with van der Waals surface area (Å²) >= 11 is 0. The van der Waals surface area contributed by atoms with Crippen molar-refractivity contribution < 1.29 is 0 Å². The van der Waals surface area contributed by atoms with Crippen LogP contribution in [0.1, 0.15) is 12.5 Å². The van der Waals surface area contributed by atoms with E-state index < -0.39 is 0 Å². The third kappa shape index (κ3) is 2.40. The van der Waals surface area contributed by atoms with Crippen LogP contribution >= 0.6 is 0 Å². The van der Waals surface area contributed by atoms with E-state index in [4.69, 9.17) is 0 Å². The maximum atomic E-state index is 3.43. The van der Waals surface area contributed by atoms with Gasteiger partial charge in [-0.15, -0.1) is 0 Å². The highest BCUT2D eigenvalue weighted by Crippen LogP contribution is 2.26. The first-order valence-electron chi connectivity index (χ1n) is 6.44. The predicted octanol–water partition coefficient (Wildman–Crippen LogP) is 3.26. The number of rotatable bonds is 3. The number of hydrogen-bond donors (Lipinski definition) is 2. The highest BCUT2D eigenvalue weighted by atomic mass is 15.6. The summed E-state index contributed by atoms with van der Waals surface area (Å²) in [4.78, 5) is 0. The van der Waals surface area contributed by atoms with E-state index >= 15 is 0 Å². The second kappa shape index (κ2) is 5.06. The molecular weight excluding hydrogens is 234 g/mol. The highest BCUT2D eigenvalue weighted by Gasteiger charge is 2.20. The average Bonchev–Trinajstić information content (AvgIpc) is 2.82. The maximum Gasteiger partial charge on any atom is 0.108 e. The number of nitrogens with one attached hydrogen (secondary N) is 2. The fourth-order valence-electron chi connectivity index (χ4n) is 2.30. The normalized spacial score (nSPS) is 14.5. The molecule has 2 N–H and O–H groups in total. The summed E-state index contributed by atoms with van der Waals surface area (Å²) in [6.45, 7) is 2.87. The van der Waals surface area contributed by atoms with Crippen molar-refractivity contribution in [2.45, 2.75) is 6.92 Å². The molecule has 19 heavy (non-hydrogen) atoms. The molecule has 96 valence electrons. The van der Waals surface area contributed by atoms with Crippen molar-refractivity contribution >= 4 is 11.4 Å². The van der Waals surface area contributed by atoms with Crippen LogP contribution in [0.3, 0.4) is 0 Å². The first kappa shape index (κ1) is 11.7. The molecule has 0 aliphatic carbocycles. The zero-order valence-electron chi connectivity index (χ0n) is 10.9. The second-order valence-electron chi connectivity index (χ2n) is 4.58. The topological polar surface area (TPSA) is 27.3 Å². The van der Waals surface area contributed by atoms with Crippen LogP contribution < -0.4 is 10.7 Å². The fraction of sp³-hybridized carbons (Fsp3) is 0.125. The van der Waals surface area contributed by atoms with Crippen LogP contribution in [0.5, 0.6) is 0 Å². The van der Waals surface area contributed by atoms with Crippen LogP contribution in [0.2, 0.25) is 0 Å². The Balaban J connectivity index is 1.87. The Morgan fingerprint density at radius 3 is 2.26 bits per heavy atom. The van der Waals surface area contributed by atoms with Gasteiger partial charge in [-0.3, -0.25) is 10.4 Å². The van der Waals surface area contributed by atoms with Gasteiger partial charge in [-0.05, 0) is 19.1 Å². The van der Waals surface area contributed by atoms with Gasteiger partial charge in [-0.2, -0.15) is 0 Å². The Morgan fingerprint density at radius 2 is 1.58 bits per heavy atom. The van der Waals surface area contributed by atoms with Gasteiger partial charge in [-0.25, -0.2) is 0 Å². The molecule has 2 aromatic carbocycles. The van der Waals surface area contributed by atoms with Crippen molar-refractivity contribution in [2.24, 2.45) is 0 Å². The quantitative estimate of drug-likeness (QED) is 0.876. The van der Waals surface area contributed by atoms with Gasteiger partial charge < -0.3 is 5.32 Å². The van der Waals surface area contributed by atoms with E-state index in [1.165, 1.54) is 17.0 Å². The van der Waals surface area contributed by atoms with Crippen LogP contribution in [-0.2, 0) is 0 Å². The lowest BCUT2D eigenvalue weighted by Gasteiger charge is -2.23. The number of hydrogen-bond acceptors (Lipinski definition) is 3. The third-order valence-electron chi connectivity index (χ3n) is 3.21. The van der Waals surface area contributed by atoms with Crippen LogP contribution in [0.15, 0.2) is 66.4 Å². The molecule has 0 atom stereocenters. The molecule has 3 rings (SSSR count). The van der Waals surface area contributed by atoms with E-state index in [9.17, 15) is 0 Å². The lowest BCUT2D eigenvalue weighted by Crippen LogP contribution is -2.29. The molecule has 1 aliphatic heterocycles. The van der Waals surface area contributed by atoms with Gasteiger partial charge in [0, 0.05) is 11.3 Å². The molecule has 3 heteroatoms. The minimum absolute atomic E-state index is 0.769. The molecule has 3 nitrogen and oxygen atoms in total. The maximum absolute atomic E-state index is 3.43. The molecule has 0 fully saturated rings. The predicted molar refractivity (Wildman–Crippen MR) is 78.9 cm³/mol. The van der Waals surface area contributed by atoms with E-state index in [2.05, 4.69) is 59.1 Å². The van der Waals surface area contributed by atoms with Gasteiger partial charge in [0.25, 0.3) is 0 Å². The molecule has 0 amide bonds. The lowest BCUT2D eigenvalue weighted by atomic mass is 10.1. The number of allylic oxidation sites excluding steroid dienone is 1. The summed E-state index contributed by atoms with van der Waals surface area (Å²) in [5.74, 6) is 0. The fourth-order valence-corrected chi connectivity index (χ4v) is 2.30. The van der Waals surface area contributed by atoms with E-state index in [0.29, 0.717) is 0 Å². The van der Waals surface area contributed by atoms with Crippen LogP contribution in [0.4, 0.5) is 5.69 Å². The molecule has 0 bridgehead atoms. The molecule has 0 spiro atoms. The van der Waals surface area contributed by atoms with Gasteiger partial charge in [0.2, 0.25) is 0 Å². The summed E-state index contributed by atoms with van der Waals surface area (Å²) in [5, 5.41) is 5.52. The summed E-state index contributed by atoms with van der Waals surface area (Å²) in [7, 11) is 0. The number of anilines is 1. The molecule has 0 saturated heterocycles. The van der Waals surface area contributed by atoms with Crippen molar-refractivity contribution in [3.8, 4) is 0 Å². The first-order valence-corrected chi connectivity index (χ1v) is 6.44. The Labute approximate surface area is 113 Å². The van der Waals surface area contributed by atoms with Gasteiger partial charge >= 0.3 is 0 Å². The minimum atomic E-state index is 0.769. The van der Waals surface area contributed by atoms with Crippen LogP contribution in [0.25, 0.3) is 5.70 Å². The minimum Gasteiger partial charge on any atom is -0.368 e. The summed E-state index contributed by atoms with van der Waals surface area (Å²) in [6.07, 6.45) is 0. The number of hydrazine groups is 1. The summed E-state index contributed by atoms with van der Waals surface area (Å²) < 4.78 is 0. The molecule has 0 unspecified atom stereocenters. The molecule has 2 aromatic rings. The van der Waals surface area contributed by atoms with Gasteiger partial charge in [-0.1, -0.05) is 48.5 Å². The molecule has 0 radical (unpaired) electrons. The standard InChI is InChI=1S/C16H17N3/c1-13-16(14-8-4-2-5-9-14)19(12-17-13)18-15-10-6-3-7-11-15/h2-11,17-18H,12H2,1H3. The zero-order valence-corrected chi connectivity index (χ0v) is 10.9. The van der Waals surface area contributed by atoms with Gasteiger partial charge in [0.05, 0.1) is 11.4 Å². The Hall–Kier alpha value is -2.42. The molecule has 0 aromatic heterocycles.